The third-order valence-electron chi connectivity index (χ3n) is 5.10. The fourth-order valence-electron chi connectivity index (χ4n) is 3.54. The third kappa shape index (κ3) is 4.13. The van der Waals surface area contributed by atoms with Crippen molar-refractivity contribution < 1.29 is 18.8 Å². The molecule has 0 bridgehead atoms. The zero-order valence-electron chi connectivity index (χ0n) is 17.0. The number of carbonyl (C=O) groups excluding carboxylic acids is 1. The van der Waals surface area contributed by atoms with Crippen molar-refractivity contribution in [3.8, 4) is 5.75 Å². The van der Waals surface area contributed by atoms with Crippen LogP contribution in [0.25, 0.3) is 0 Å². The molecule has 1 atom stereocenters. The number of rotatable bonds is 7. The van der Waals surface area contributed by atoms with Gasteiger partial charge in [0, 0.05) is 32.2 Å². The van der Waals surface area contributed by atoms with Crippen molar-refractivity contribution in [3.05, 3.63) is 71.4 Å². The van der Waals surface area contributed by atoms with Crippen LogP contribution in [0.1, 0.15) is 28.9 Å². The van der Waals surface area contributed by atoms with Crippen molar-refractivity contribution in [2.24, 2.45) is 0 Å². The molecule has 2 heterocycles. The Morgan fingerprint density at radius 2 is 2.00 bits per heavy atom. The van der Waals surface area contributed by atoms with Gasteiger partial charge in [0.1, 0.15) is 11.8 Å². The molecule has 1 N–H and O–H groups in total. The molecular weight excluding hydrogens is 384 g/mol. The van der Waals surface area contributed by atoms with E-state index in [1.807, 2.05) is 48.5 Å². The Kier molecular flexibility index (Phi) is 5.94. The molecule has 1 unspecified atom stereocenters. The Bertz CT molecular complexity index is 1000. The molecular formula is C22H24N4O4. The van der Waals surface area contributed by atoms with Gasteiger partial charge in [-0.25, -0.2) is 4.79 Å². The second-order valence-electron chi connectivity index (χ2n) is 7.02. The Morgan fingerprint density at radius 1 is 1.20 bits per heavy atom. The number of nitrogens with zero attached hydrogens (tertiary/aromatic N) is 3. The number of aromatic nitrogens is 2. The molecule has 0 saturated carbocycles. The Morgan fingerprint density at radius 3 is 2.77 bits per heavy atom. The first-order chi connectivity index (χ1) is 14.7. The van der Waals surface area contributed by atoms with Crippen LogP contribution in [-0.4, -0.2) is 37.0 Å². The lowest BCUT2D eigenvalue weighted by Crippen LogP contribution is -2.40. The van der Waals surface area contributed by atoms with E-state index in [0.717, 1.165) is 22.6 Å². The predicted molar refractivity (Wildman–Crippen MR) is 110 cm³/mol. The number of urea groups is 1. The number of carbonyl (C=O) groups is 1. The lowest BCUT2D eigenvalue weighted by atomic mass is 10.1. The molecule has 2 amide bonds. The molecule has 0 spiro atoms. The van der Waals surface area contributed by atoms with Gasteiger partial charge in [-0.15, -0.1) is 0 Å². The average molecular weight is 408 g/mol. The number of benzene rings is 2. The molecule has 1 aromatic heterocycles. The standard InChI is InChI=1S/C22H24N4O4/c1-28-12-11-20-24-21(30-25-20)19-13-16-5-3-4-6-18(16)26(19)22(27)23-14-15-7-9-17(29-2)10-8-15/h3-10,19H,11-14H2,1-2H3,(H,23,27). The molecule has 8 nitrogen and oxygen atoms in total. The molecule has 0 aliphatic carbocycles. The maximum Gasteiger partial charge on any atom is 0.322 e. The number of methoxy groups -OCH3 is 2. The molecule has 30 heavy (non-hydrogen) atoms. The highest BCUT2D eigenvalue weighted by atomic mass is 16.5. The van der Waals surface area contributed by atoms with Gasteiger partial charge in [-0.3, -0.25) is 4.90 Å². The van der Waals surface area contributed by atoms with Crippen LogP contribution in [0.3, 0.4) is 0 Å². The van der Waals surface area contributed by atoms with E-state index >= 15 is 0 Å². The Balaban J connectivity index is 1.52. The smallest absolute Gasteiger partial charge is 0.322 e. The highest BCUT2D eigenvalue weighted by Gasteiger charge is 2.38. The van der Waals surface area contributed by atoms with E-state index in [-0.39, 0.29) is 12.1 Å². The van der Waals surface area contributed by atoms with Crippen molar-refractivity contribution in [1.29, 1.82) is 0 Å². The van der Waals surface area contributed by atoms with Gasteiger partial charge >= 0.3 is 6.03 Å². The quantitative estimate of drug-likeness (QED) is 0.645. The average Bonchev–Trinajstić information content (AvgIpc) is 3.41. The summed E-state index contributed by atoms with van der Waals surface area (Å²) in [5.74, 6) is 1.78. The van der Waals surface area contributed by atoms with Gasteiger partial charge in [0.2, 0.25) is 5.89 Å². The van der Waals surface area contributed by atoms with Gasteiger partial charge in [-0.1, -0.05) is 35.5 Å². The monoisotopic (exact) mass is 408 g/mol. The van der Waals surface area contributed by atoms with E-state index in [1.165, 1.54) is 0 Å². The van der Waals surface area contributed by atoms with Crippen LogP contribution >= 0.6 is 0 Å². The minimum Gasteiger partial charge on any atom is -0.497 e. The lowest BCUT2D eigenvalue weighted by Gasteiger charge is -2.23. The molecule has 3 aromatic rings. The number of fused-ring (bicyclic) bond motifs is 1. The van der Waals surface area contributed by atoms with Crippen molar-refractivity contribution >= 4 is 11.7 Å². The molecule has 1 aliphatic heterocycles. The van der Waals surface area contributed by atoms with Crippen molar-refractivity contribution in [2.45, 2.75) is 25.4 Å². The SMILES string of the molecule is COCCc1noc(C2Cc3ccccc3N2C(=O)NCc2ccc(OC)cc2)n1. The highest BCUT2D eigenvalue weighted by molar-refractivity contribution is 5.95. The first kappa shape index (κ1) is 19.9. The van der Waals surface area contributed by atoms with Gasteiger partial charge in [-0.05, 0) is 29.3 Å². The van der Waals surface area contributed by atoms with E-state index in [1.54, 1.807) is 19.1 Å². The van der Waals surface area contributed by atoms with E-state index < -0.39 is 0 Å². The Hall–Kier alpha value is -3.39. The van der Waals surface area contributed by atoms with Crippen LogP contribution in [0.15, 0.2) is 53.1 Å². The maximum absolute atomic E-state index is 13.1. The summed E-state index contributed by atoms with van der Waals surface area (Å²) in [6.07, 6.45) is 1.18. The second-order valence-corrected chi connectivity index (χ2v) is 7.02. The molecule has 4 rings (SSSR count). The summed E-state index contributed by atoms with van der Waals surface area (Å²) >= 11 is 0. The maximum atomic E-state index is 13.1. The normalized spacial score (nSPS) is 15.1. The van der Waals surface area contributed by atoms with Crippen molar-refractivity contribution in [2.75, 3.05) is 25.7 Å². The summed E-state index contributed by atoms with van der Waals surface area (Å²) < 4.78 is 15.7. The van der Waals surface area contributed by atoms with E-state index in [0.29, 0.717) is 37.7 Å². The number of para-hydroxylation sites is 1. The topological polar surface area (TPSA) is 89.7 Å². The van der Waals surface area contributed by atoms with Crippen LogP contribution in [0.2, 0.25) is 0 Å². The summed E-state index contributed by atoms with van der Waals surface area (Å²) in [6, 6.07) is 14.9. The van der Waals surface area contributed by atoms with Gasteiger partial charge < -0.3 is 19.3 Å². The molecule has 156 valence electrons. The largest absolute Gasteiger partial charge is 0.497 e. The Labute approximate surface area is 174 Å². The first-order valence-electron chi connectivity index (χ1n) is 9.79. The summed E-state index contributed by atoms with van der Waals surface area (Å²) in [6.45, 7) is 0.910. The number of hydrogen-bond donors (Lipinski definition) is 1. The second kappa shape index (κ2) is 8.96. The zero-order chi connectivity index (χ0) is 20.9. The van der Waals surface area contributed by atoms with E-state index in [9.17, 15) is 4.79 Å². The van der Waals surface area contributed by atoms with Gasteiger partial charge in [0.05, 0.1) is 13.7 Å². The molecule has 2 aromatic carbocycles. The number of ether oxygens (including phenoxy) is 2. The summed E-state index contributed by atoms with van der Waals surface area (Å²) in [4.78, 5) is 19.3. The summed E-state index contributed by atoms with van der Waals surface area (Å²) in [7, 11) is 3.25. The lowest BCUT2D eigenvalue weighted by molar-refractivity contribution is 0.199. The third-order valence-corrected chi connectivity index (χ3v) is 5.10. The number of amides is 2. The van der Waals surface area contributed by atoms with Crippen LogP contribution in [-0.2, 0) is 24.1 Å². The van der Waals surface area contributed by atoms with Gasteiger partial charge in [-0.2, -0.15) is 4.98 Å². The van der Waals surface area contributed by atoms with Gasteiger partial charge in [0.15, 0.2) is 5.82 Å². The van der Waals surface area contributed by atoms with Crippen molar-refractivity contribution in [3.63, 3.8) is 0 Å². The van der Waals surface area contributed by atoms with E-state index in [4.69, 9.17) is 14.0 Å². The van der Waals surface area contributed by atoms with Crippen molar-refractivity contribution in [1.82, 2.24) is 15.5 Å². The predicted octanol–water partition coefficient (Wildman–Crippen LogP) is 3.28. The number of nitrogens with one attached hydrogen (secondary N) is 1. The first-order valence-corrected chi connectivity index (χ1v) is 9.79. The molecule has 0 radical (unpaired) electrons. The molecule has 0 saturated heterocycles. The fraction of sp³-hybridized carbons (Fsp3) is 0.318. The molecule has 0 fully saturated rings. The summed E-state index contributed by atoms with van der Waals surface area (Å²) in [5, 5.41) is 7.02. The number of anilines is 1. The summed E-state index contributed by atoms with van der Waals surface area (Å²) in [5.41, 5.74) is 2.90. The van der Waals surface area contributed by atoms with Crippen LogP contribution in [0.4, 0.5) is 10.5 Å². The zero-order valence-corrected chi connectivity index (χ0v) is 17.0. The highest BCUT2D eigenvalue weighted by Crippen LogP contribution is 2.39. The van der Waals surface area contributed by atoms with Gasteiger partial charge in [0.25, 0.3) is 0 Å². The van der Waals surface area contributed by atoms with Crippen LogP contribution in [0.5, 0.6) is 5.75 Å². The molecule has 1 aliphatic rings. The molecule has 8 heteroatoms. The van der Waals surface area contributed by atoms with Crippen LogP contribution in [0, 0.1) is 0 Å². The van der Waals surface area contributed by atoms with Crippen LogP contribution < -0.4 is 15.0 Å². The number of hydrogen-bond acceptors (Lipinski definition) is 6. The minimum atomic E-state index is -0.345. The fourth-order valence-corrected chi connectivity index (χ4v) is 3.54. The minimum absolute atomic E-state index is 0.211. The van der Waals surface area contributed by atoms with E-state index in [2.05, 4.69) is 15.5 Å².